The van der Waals surface area contributed by atoms with Crippen molar-refractivity contribution in [3.8, 4) is 0 Å². The molecule has 0 saturated heterocycles. The van der Waals surface area contributed by atoms with Gasteiger partial charge in [-0.05, 0) is 0 Å². The van der Waals surface area contributed by atoms with Crippen LogP contribution in [0.5, 0.6) is 0 Å². The number of nitrogens with two attached hydrogens (primary N) is 1. The molecule has 0 radical (unpaired) electrons. The molecular formula is C7H14N3O3PS. The molecule has 15 heavy (non-hydrogen) atoms. The molecule has 1 aromatic heterocycles. The quantitative estimate of drug-likeness (QED) is 0.608. The van der Waals surface area contributed by atoms with E-state index in [4.69, 9.17) is 14.8 Å². The Bertz CT molecular complexity index is 331. The molecule has 1 unspecified atom stereocenters. The van der Waals surface area contributed by atoms with Crippen molar-refractivity contribution in [3.05, 3.63) is 11.7 Å². The van der Waals surface area contributed by atoms with E-state index in [2.05, 4.69) is 10.1 Å². The molecule has 0 aromatic carbocycles. The molecule has 1 rings (SSSR count). The minimum atomic E-state index is -2.13. The molecule has 86 valence electrons. The first kappa shape index (κ1) is 12.7. The first-order chi connectivity index (χ1) is 7.13. The molecule has 2 N–H and O–H groups in total. The van der Waals surface area contributed by atoms with Crippen LogP contribution in [0.2, 0.25) is 0 Å². The predicted molar refractivity (Wildman–Crippen MR) is 58.8 cm³/mol. The Labute approximate surface area is 92.6 Å². The van der Waals surface area contributed by atoms with Crippen molar-refractivity contribution >= 4 is 18.6 Å². The molecule has 1 aromatic rings. The maximum Gasteiger partial charge on any atom is 0.248 e. The normalized spacial score (nSPS) is 13.3. The predicted octanol–water partition coefficient (Wildman–Crippen LogP) is 1.75. The molecular weight excluding hydrogens is 237 g/mol. The van der Waals surface area contributed by atoms with Crippen LogP contribution in [0.3, 0.4) is 0 Å². The van der Waals surface area contributed by atoms with Gasteiger partial charge in [-0.3, -0.25) is 4.57 Å². The lowest BCUT2D eigenvalue weighted by Gasteiger charge is -1.97. The zero-order chi connectivity index (χ0) is 11.3. The van der Waals surface area contributed by atoms with E-state index in [-0.39, 0.29) is 12.6 Å². The van der Waals surface area contributed by atoms with E-state index in [0.717, 1.165) is 11.4 Å². The Hall–Kier alpha value is -0.360. The van der Waals surface area contributed by atoms with Crippen LogP contribution in [0.25, 0.3) is 0 Å². The van der Waals surface area contributed by atoms with Gasteiger partial charge in [-0.1, -0.05) is 30.4 Å². The van der Waals surface area contributed by atoms with Crippen LogP contribution >= 0.6 is 18.6 Å². The Morgan fingerprint density at radius 3 is 2.93 bits per heavy atom. The van der Waals surface area contributed by atoms with Crippen molar-refractivity contribution in [1.29, 1.82) is 0 Å². The van der Waals surface area contributed by atoms with Gasteiger partial charge in [0.2, 0.25) is 13.1 Å². The molecule has 0 bridgehead atoms. The van der Waals surface area contributed by atoms with Gasteiger partial charge >= 0.3 is 0 Å². The summed E-state index contributed by atoms with van der Waals surface area (Å²) >= 11 is 1.13. The first-order valence-electron chi connectivity index (χ1n) is 4.45. The van der Waals surface area contributed by atoms with Crippen LogP contribution in [0.4, 0.5) is 0 Å². The fraction of sp³-hybridized carbons (Fsp3) is 0.714. The summed E-state index contributed by atoms with van der Waals surface area (Å²) in [6, 6.07) is 0. The highest BCUT2D eigenvalue weighted by Gasteiger charge is 2.10. The van der Waals surface area contributed by atoms with Crippen LogP contribution in [0.15, 0.2) is 4.52 Å². The third-order valence-electron chi connectivity index (χ3n) is 1.51. The monoisotopic (exact) mass is 251 g/mol. The Morgan fingerprint density at radius 2 is 2.40 bits per heavy atom. The fourth-order valence-corrected chi connectivity index (χ4v) is 2.55. The van der Waals surface area contributed by atoms with Crippen molar-refractivity contribution < 1.29 is 13.6 Å². The van der Waals surface area contributed by atoms with Gasteiger partial charge in [0, 0.05) is 5.92 Å². The molecule has 0 spiro atoms. The third-order valence-corrected chi connectivity index (χ3v) is 4.04. The van der Waals surface area contributed by atoms with E-state index in [9.17, 15) is 4.57 Å². The second-order valence-corrected chi connectivity index (χ2v) is 6.28. The Morgan fingerprint density at radius 1 is 1.67 bits per heavy atom. The van der Waals surface area contributed by atoms with Gasteiger partial charge in [0.25, 0.3) is 0 Å². The lowest BCUT2D eigenvalue weighted by atomic mass is 10.2. The summed E-state index contributed by atoms with van der Waals surface area (Å²) in [7, 11) is -2.13. The largest absolute Gasteiger partial charge is 0.338 e. The summed E-state index contributed by atoms with van der Waals surface area (Å²) in [6.45, 7) is 3.91. The summed E-state index contributed by atoms with van der Waals surface area (Å²) in [4.78, 5) is 4.13. The molecule has 0 aliphatic carbocycles. The minimum Gasteiger partial charge on any atom is -0.338 e. The second-order valence-electron chi connectivity index (χ2n) is 3.05. The molecule has 0 saturated carbocycles. The summed E-state index contributed by atoms with van der Waals surface area (Å²) in [5.41, 5.74) is 5.08. The van der Waals surface area contributed by atoms with Crippen molar-refractivity contribution in [2.45, 2.75) is 25.5 Å². The Balaban J connectivity index is 2.41. The lowest BCUT2D eigenvalue weighted by Crippen LogP contribution is -1.97. The topological polar surface area (TPSA) is 91.2 Å². The van der Waals surface area contributed by atoms with Crippen LogP contribution in [0, 0.1) is 0 Å². The maximum atomic E-state index is 11.1. The zero-order valence-electron chi connectivity index (χ0n) is 8.60. The van der Waals surface area contributed by atoms with Crippen LogP contribution < -0.4 is 5.73 Å². The molecule has 1 heterocycles. The van der Waals surface area contributed by atoms with Crippen molar-refractivity contribution in [2.24, 2.45) is 5.73 Å². The molecule has 1 atom stereocenters. The molecule has 0 fully saturated rings. The standard InChI is InChI=1S/C7H14N3O3PS/c1-5(2)7-9-6(13-10-7)3-15-14(11)12-4-8/h5,14H,3-4,8H2,1-2H3. The smallest absolute Gasteiger partial charge is 0.248 e. The number of nitrogens with zero attached hydrogens (tertiary/aromatic N) is 2. The number of hydrogen-bond acceptors (Lipinski definition) is 7. The molecule has 0 aliphatic rings. The summed E-state index contributed by atoms with van der Waals surface area (Å²) in [5.74, 6) is 1.73. The van der Waals surface area contributed by atoms with Gasteiger partial charge in [0.05, 0.1) is 5.75 Å². The van der Waals surface area contributed by atoms with E-state index in [0.29, 0.717) is 17.5 Å². The van der Waals surface area contributed by atoms with Crippen molar-refractivity contribution in [2.75, 3.05) is 6.73 Å². The highest BCUT2D eigenvalue weighted by molar-refractivity contribution is 8.49. The highest BCUT2D eigenvalue weighted by Crippen LogP contribution is 2.40. The first-order valence-corrected chi connectivity index (χ1v) is 7.48. The van der Waals surface area contributed by atoms with Crippen LogP contribution in [0.1, 0.15) is 31.5 Å². The van der Waals surface area contributed by atoms with Gasteiger partial charge in [-0.2, -0.15) is 4.98 Å². The van der Waals surface area contributed by atoms with Gasteiger partial charge in [-0.15, -0.1) is 0 Å². The maximum absolute atomic E-state index is 11.1. The number of hydrogen-bond donors (Lipinski definition) is 1. The molecule has 0 amide bonds. The van der Waals surface area contributed by atoms with E-state index in [1.165, 1.54) is 0 Å². The SMILES string of the molecule is CC(C)c1noc(CS[PH](=O)OCN)n1. The van der Waals surface area contributed by atoms with E-state index >= 15 is 0 Å². The Kier molecular flexibility index (Phi) is 5.31. The van der Waals surface area contributed by atoms with Gasteiger partial charge in [0.1, 0.15) is 6.73 Å². The van der Waals surface area contributed by atoms with Gasteiger partial charge in [0.15, 0.2) is 5.82 Å². The van der Waals surface area contributed by atoms with E-state index in [1.54, 1.807) is 0 Å². The molecule has 6 nitrogen and oxygen atoms in total. The number of aromatic nitrogens is 2. The van der Waals surface area contributed by atoms with Crippen molar-refractivity contribution in [3.63, 3.8) is 0 Å². The third kappa shape index (κ3) is 4.34. The lowest BCUT2D eigenvalue weighted by molar-refractivity contribution is 0.351. The summed E-state index contributed by atoms with van der Waals surface area (Å²) < 4.78 is 20.8. The van der Waals surface area contributed by atoms with Gasteiger partial charge in [-0.25, -0.2) is 0 Å². The van der Waals surface area contributed by atoms with Crippen LogP contribution in [-0.4, -0.2) is 16.9 Å². The highest BCUT2D eigenvalue weighted by atomic mass is 32.7. The molecule has 8 heteroatoms. The van der Waals surface area contributed by atoms with E-state index < -0.39 is 7.23 Å². The molecule has 0 aliphatic heterocycles. The summed E-state index contributed by atoms with van der Waals surface area (Å²) in [6.07, 6.45) is 0. The second kappa shape index (κ2) is 6.27. The van der Waals surface area contributed by atoms with Crippen LogP contribution in [-0.2, 0) is 14.8 Å². The average Bonchev–Trinajstić information content (AvgIpc) is 2.63. The van der Waals surface area contributed by atoms with Gasteiger partial charge < -0.3 is 14.8 Å². The summed E-state index contributed by atoms with van der Waals surface area (Å²) in [5, 5.41) is 3.78. The minimum absolute atomic E-state index is 0.0358. The van der Waals surface area contributed by atoms with E-state index in [1.807, 2.05) is 13.8 Å². The number of rotatable bonds is 6. The zero-order valence-corrected chi connectivity index (χ0v) is 10.4. The fourth-order valence-electron chi connectivity index (χ4n) is 0.792. The van der Waals surface area contributed by atoms with Crippen molar-refractivity contribution in [1.82, 2.24) is 10.1 Å². The average molecular weight is 251 g/mol.